The first-order valence-corrected chi connectivity index (χ1v) is 3.55. The maximum Gasteiger partial charge on any atom is 0.0292 e. The molecular weight excluding hydrogens is 108 g/mol. The minimum atomic E-state index is 0.255. The average molecular weight is 118 g/mol. The van der Waals surface area contributed by atoms with Crippen molar-refractivity contribution >= 4 is 11.8 Å². The lowest BCUT2D eigenvalue weighted by Gasteiger charge is -2.04. The maximum atomic E-state index is 5.53. The predicted molar refractivity (Wildman–Crippen MR) is 33.3 cm³/mol. The molecule has 0 amide bonds. The van der Waals surface area contributed by atoms with Crippen LogP contribution < -0.4 is 11.5 Å². The minimum Gasteiger partial charge on any atom is -0.326 e. The van der Waals surface area contributed by atoms with Crippen molar-refractivity contribution in [3.63, 3.8) is 0 Å². The second-order valence-electron chi connectivity index (χ2n) is 1.87. The highest BCUT2D eigenvalue weighted by atomic mass is 32.2. The summed E-state index contributed by atoms with van der Waals surface area (Å²) < 4.78 is 0. The Morgan fingerprint density at radius 1 is 1.14 bits per heavy atom. The van der Waals surface area contributed by atoms with Crippen LogP contribution in [0.2, 0.25) is 0 Å². The minimum absolute atomic E-state index is 0.255. The van der Waals surface area contributed by atoms with Crippen molar-refractivity contribution in [1.82, 2.24) is 0 Å². The van der Waals surface area contributed by atoms with Gasteiger partial charge in [-0.1, -0.05) is 0 Å². The molecule has 7 heavy (non-hydrogen) atoms. The Bertz CT molecular complexity index is 58.7. The third-order valence-corrected chi connectivity index (χ3v) is 2.41. The van der Waals surface area contributed by atoms with Crippen molar-refractivity contribution in [2.75, 3.05) is 11.5 Å². The SMILES string of the molecule is N[C@@H]1CSC[C@@H]1N. The van der Waals surface area contributed by atoms with E-state index < -0.39 is 0 Å². The third kappa shape index (κ3) is 1.08. The van der Waals surface area contributed by atoms with Gasteiger partial charge in [0.05, 0.1) is 0 Å². The molecule has 0 aliphatic carbocycles. The van der Waals surface area contributed by atoms with Crippen LogP contribution in [-0.4, -0.2) is 23.6 Å². The van der Waals surface area contributed by atoms with Gasteiger partial charge in [0.15, 0.2) is 0 Å². The highest BCUT2D eigenvalue weighted by molar-refractivity contribution is 7.99. The summed E-state index contributed by atoms with van der Waals surface area (Å²) in [6, 6.07) is 0.509. The zero-order valence-electron chi connectivity index (χ0n) is 4.13. The van der Waals surface area contributed by atoms with E-state index in [1.807, 2.05) is 11.8 Å². The van der Waals surface area contributed by atoms with Crippen molar-refractivity contribution < 1.29 is 0 Å². The van der Waals surface area contributed by atoms with Gasteiger partial charge in [-0.15, -0.1) is 0 Å². The van der Waals surface area contributed by atoms with Gasteiger partial charge >= 0.3 is 0 Å². The summed E-state index contributed by atoms with van der Waals surface area (Å²) in [5.74, 6) is 2.09. The molecule has 0 saturated carbocycles. The molecule has 0 aromatic carbocycles. The van der Waals surface area contributed by atoms with Crippen LogP contribution in [0.4, 0.5) is 0 Å². The van der Waals surface area contributed by atoms with E-state index in [-0.39, 0.29) is 12.1 Å². The van der Waals surface area contributed by atoms with Crippen molar-refractivity contribution in [1.29, 1.82) is 0 Å². The monoisotopic (exact) mass is 118 g/mol. The molecule has 1 fully saturated rings. The average Bonchev–Trinajstić information content (AvgIpc) is 1.91. The van der Waals surface area contributed by atoms with Crippen LogP contribution in [0.25, 0.3) is 0 Å². The van der Waals surface area contributed by atoms with Gasteiger partial charge in [-0.2, -0.15) is 11.8 Å². The second-order valence-corrected chi connectivity index (χ2v) is 2.94. The molecule has 2 nitrogen and oxygen atoms in total. The zero-order chi connectivity index (χ0) is 5.28. The molecule has 1 saturated heterocycles. The van der Waals surface area contributed by atoms with E-state index in [0.29, 0.717) is 0 Å². The van der Waals surface area contributed by atoms with Crippen LogP contribution >= 0.6 is 11.8 Å². The molecule has 0 spiro atoms. The Labute approximate surface area is 47.6 Å². The summed E-state index contributed by atoms with van der Waals surface area (Å²) in [5.41, 5.74) is 11.1. The van der Waals surface area contributed by atoms with Gasteiger partial charge in [0.25, 0.3) is 0 Å². The summed E-state index contributed by atoms with van der Waals surface area (Å²) in [4.78, 5) is 0. The van der Waals surface area contributed by atoms with Gasteiger partial charge in [-0.05, 0) is 0 Å². The fourth-order valence-corrected chi connectivity index (χ4v) is 1.76. The van der Waals surface area contributed by atoms with Gasteiger partial charge in [-0.3, -0.25) is 0 Å². The molecule has 0 aromatic rings. The fourth-order valence-electron chi connectivity index (χ4n) is 0.587. The van der Waals surface area contributed by atoms with Crippen molar-refractivity contribution in [3.05, 3.63) is 0 Å². The van der Waals surface area contributed by atoms with E-state index in [2.05, 4.69) is 0 Å². The lowest BCUT2D eigenvalue weighted by Crippen LogP contribution is -2.39. The van der Waals surface area contributed by atoms with Gasteiger partial charge < -0.3 is 11.5 Å². The summed E-state index contributed by atoms with van der Waals surface area (Å²) in [6.45, 7) is 0. The van der Waals surface area contributed by atoms with E-state index >= 15 is 0 Å². The van der Waals surface area contributed by atoms with Gasteiger partial charge in [0.1, 0.15) is 0 Å². The van der Waals surface area contributed by atoms with Gasteiger partial charge in [0.2, 0.25) is 0 Å². The number of hydrogen-bond donors (Lipinski definition) is 2. The van der Waals surface area contributed by atoms with Crippen LogP contribution in [0.1, 0.15) is 0 Å². The first-order valence-electron chi connectivity index (χ1n) is 2.39. The largest absolute Gasteiger partial charge is 0.326 e. The van der Waals surface area contributed by atoms with Gasteiger partial charge in [-0.25, -0.2) is 0 Å². The Hall–Kier alpha value is 0.270. The molecule has 1 rings (SSSR count). The number of hydrogen-bond acceptors (Lipinski definition) is 3. The summed E-state index contributed by atoms with van der Waals surface area (Å²) in [6.07, 6.45) is 0. The molecular formula is C4H10N2S. The van der Waals surface area contributed by atoms with E-state index in [1.54, 1.807) is 0 Å². The summed E-state index contributed by atoms with van der Waals surface area (Å²) >= 11 is 1.84. The molecule has 0 radical (unpaired) electrons. The van der Waals surface area contributed by atoms with Crippen LogP contribution in [0, 0.1) is 0 Å². The lowest BCUT2D eigenvalue weighted by atomic mass is 10.2. The quantitative estimate of drug-likeness (QED) is 0.446. The van der Waals surface area contributed by atoms with Crippen molar-refractivity contribution in [3.8, 4) is 0 Å². The molecule has 0 bridgehead atoms. The molecule has 42 valence electrons. The smallest absolute Gasteiger partial charge is 0.0292 e. The lowest BCUT2D eigenvalue weighted by molar-refractivity contribution is 0.642. The van der Waals surface area contributed by atoms with E-state index in [4.69, 9.17) is 11.5 Å². The molecule has 0 unspecified atom stereocenters. The van der Waals surface area contributed by atoms with Crippen LogP contribution in [0.15, 0.2) is 0 Å². The molecule has 2 atom stereocenters. The molecule has 1 heterocycles. The van der Waals surface area contributed by atoms with E-state index in [0.717, 1.165) is 11.5 Å². The standard InChI is InChI=1S/C4H10N2S/c5-3-1-7-2-4(3)6/h3-4H,1-2,5-6H2/t3-,4+. The van der Waals surface area contributed by atoms with Crippen LogP contribution in [0.3, 0.4) is 0 Å². The highest BCUT2D eigenvalue weighted by Gasteiger charge is 2.19. The van der Waals surface area contributed by atoms with Crippen molar-refractivity contribution in [2.45, 2.75) is 12.1 Å². The third-order valence-electron chi connectivity index (χ3n) is 1.17. The first-order chi connectivity index (χ1) is 3.30. The molecule has 3 heteroatoms. The zero-order valence-corrected chi connectivity index (χ0v) is 4.95. The second kappa shape index (κ2) is 2.03. The predicted octanol–water partition coefficient (Wildman–Crippen LogP) is -0.612. The Kier molecular flexibility index (Phi) is 1.57. The van der Waals surface area contributed by atoms with E-state index in [9.17, 15) is 0 Å². The van der Waals surface area contributed by atoms with Crippen LogP contribution in [0.5, 0.6) is 0 Å². The highest BCUT2D eigenvalue weighted by Crippen LogP contribution is 2.13. The van der Waals surface area contributed by atoms with E-state index in [1.165, 1.54) is 0 Å². The normalized spacial score (nSPS) is 42.0. The number of rotatable bonds is 0. The Balaban J connectivity index is 2.33. The fraction of sp³-hybridized carbons (Fsp3) is 1.00. The van der Waals surface area contributed by atoms with Crippen molar-refractivity contribution in [2.24, 2.45) is 11.5 Å². The Morgan fingerprint density at radius 3 is 1.71 bits per heavy atom. The Morgan fingerprint density at radius 2 is 1.57 bits per heavy atom. The first kappa shape index (κ1) is 5.41. The van der Waals surface area contributed by atoms with Gasteiger partial charge in [0, 0.05) is 23.6 Å². The molecule has 1 aliphatic rings. The molecule has 0 aromatic heterocycles. The maximum absolute atomic E-state index is 5.53. The summed E-state index contributed by atoms with van der Waals surface area (Å²) in [7, 11) is 0. The number of thioether (sulfide) groups is 1. The molecule has 1 aliphatic heterocycles. The number of nitrogens with two attached hydrogens (primary N) is 2. The van der Waals surface area contributed by atoms with Crippen LogP contribution in [-0.2, 0) is 0 Å². The molecule has 4 N–H and O–H groups in total. The summed E-state index contributed by atoms with van der Waals surface area (Å²) in [5, 5.41) is 0. The topological polar surface area (TPSA) is 52.0 Å².